The number of amides is 2. The SMILES string of the molecule is COC(=O)c1ccc(NC(=O)c2ccc3c(c2)NC(=O)CCO3)cc1. The molecule has 0 saturated heterocycles. The number of nitrogens with one attached hydrogen (secondary N) is 2. The van der Waals surface area contributed by atoms with Gasteiger partial charge in [-0.15, -0.1) is 0 Å². The second-order valence-corrected chi connectivity index (χ2v) is 5.38. The molecule has 7 heteroatoms. The first-order valence-corrected chi connectivity index (χ1v) is 7.63. The van der Waals surface area contributed by atoms with Crippen LogP contribution in [0.4, 0.5) is 11.4 Å². The van der Waals surface area contributed by atoms with Crippen LogP contribution in [0.25, 0.3) is 0 Å². The van der Waals surface area contributed by atoms with Gasteiger partial charge in [0, 0.05) is 11.3 Å². The molecule has 3 rings (SSSR count). The first-order valence-electron chi connectivity index (χ1n) is 7.63. The van der Waals surface area contributed by atoms with Gasteiger partial charge in [0.1, 0.15) is 5.75 Å². The molecule has 128 valence electrons. The first kappa shape index (κ1) is 16.5. The van der Waals surface area contributed by atoms with Gasteiger partial charge in [-0.25, -0.2) is 4.79 Å². The van der Waals surface area contributed by atoms with Crippen LogP contribution >= 0.6 is 0 Å². The number of fused-ring (bicyclic) bond motifs is 1. The van der Waals surface area contributed by atoms with Crippen LogP contribution < -0.4 is 15.4 Å². The number of ether oxygens (including phenoxy) is 2. The van der Waals surface area contributed by atoms with Crippen molar-refractivity contribution in [2.24, 2.45) is 0 Å². The average molecular weight is 340 g/mol. The van der Waals surface area contributed by atoms with Gasteiger partial charge in [0.15, 0.2) is 0 Å². The van der Waals surface area contributed by atoms with Gasteiger partial charge in [-0.3, -0.25) is 9.59 Å². The fourth-order valence-corrected chi connectivity index (χ4v) is 2.37. The maximum atomic E-state index is 12.4. The van der Waals surface area contributed by atoms with E-state index in [1.165, 1.54) is 7.11 Å². The summed E-state index contributed by atoms with van der Waals surface area (Å²) in [6.45, 7) is 0.302. The summed E-state index contributed by atoms with van der Waals surface area (Å²) in [5.41, 5.74) is 1.77. The van der Waals surface area contributed by atoms with Crippen molar-refractivity contribution < 1.29 is 23.9 Å². The lowest BCUT2D eigenvalue weighted by Crippen LogP contribution is -2.14. The lowest BCUT2D eigenvalue weighted by Gasteiger charge is -2.10. The van der Waals surface area contributed by atoms with E-state index in [1.807, 2.05) is 0 Å². The molecule has 0 atom stereocenters. The number of carbonyl (C=O) groups is 3. The van der Waals surface area contributed by atoms with E-state index in [1.54, 1.807) is 42.5 Å². The summed E-state index contributed by atoms with van der Waals surface area (Å²) < 4.78 is 10.1. The number of esters is 1. The number of carbonyl (C=O) groups excluding carboxylic acids is 3. The van der Waals surface area contributed by atoms with Crippen LogP contribution in [0.3, 0.4) is 0 Å². The number of benzene rings is 2. The molecule has 2 amide bonds. The first-order chi connectivity index (χ1) is 12.1. The van der Waals surface area contributed by atoms with Crippen molar-refractivity contribution in [1.82, 2.24) is 0 Å². The van der Waals surface area contributed by atoms with E-state index in [-0.39, 0.29) is 18.2 Å². The zero-order valence-corrected chi connectivity index (χ0v) is 13.5. The minimum Gasteiger partial charge on any atom is -0.491 e. The molecule has 0 fully saturated rings. The highest BCUT2D eigenvalue weighted by Crippen LogP contribution is 2.28. The second-order valence-electron chi connectivity index (χ2n) is 5.38. The molecular weight excluding hydrogens is 324 g/mol. The third kappa shape index (κ3) is 3.77. The normalized spacial score (nSPS) is 12.9. The molecule has 0 radical (unpaired) electrons. The van der Waals surface area contributed by atoms with Crippen molar-refractivity contribution in [3.05, 3.63) is 53.6 Å². The van der Waals surface area contributed by atoms with Crippen LogP contribution in [-0.4, -0.2) is 31.5 Å². The summed E-state index contributed by atoms with van der Waals surface area (Å²) in [7, 11) is 1.30. The van der Waals surface area contributed by atoms with E-state index in [2.05, 4.69) is 15.4 Å². The Morgan fingerprint density at radius 3 is 2.56 bits per heavy atom. The Bertz CT molecular complexity index is 830. The predicted octanol–water partition coefficient (Wildman–Crippen LogP) is 2.45. The van der Waals surface area contributed by atoms with E-state index in [9.17, 15) is 14.4 Å². The van der Waals surface area contributed by atoms with Gasteiger partial charge in [0.05, 0.1) is 31.4 Å². The van der Waals surface area contributed by atoms with Crippen LogP contribution in [0.2, 0.25) is 0 Å². The van der Waals surface area contributed by atoms with Gasteiger partial charge < -0.3 is 20.1 Å². The molecular formula is C18H16N2O5. The minimum atomic E-state index is -0.445. The molecule has 25 heavy (non-hydrogen) atoms. The number of rotatable bonds is 3. The van der Waals surface area contributed by atoms with Gasteiger partial charge >= 0.3 is 5.97 Å². The third-order valence-electron chi connectivity index (χ3n) is 3.67. The molecule has 0 saturated carbocycles. The highest BCUT2D eigenvalue weighted by Gasteiger charge is 2.16. The molecule has 2 aromatic rings. The number of hydrogen-bond donors (Lipinski definition) is 2. The van der Waals surface area contributed by atoms with Crippen LogP contribution in [0.1, 0.15) is 27.1 Å². The maximum Gasteiger partial charge on any atom is 0.337 e. The zero-order valence-electron chi connectivity index (χ0n) is 13.5. The molecule has 1 aliphatic heterocycles. The van der Waals surface area contributed by atoms with Gasteiger partial charge in [-0.1, -0.05) is 0 Å². The summed E-state index contributed by atoms with van der Waals surface area (Å²) in [6, 6.07) is 11.2. The number of methoxy groups -OCH3 is 1. The third-order valence-corrected chi connectivity index (χ3v) is 3.67. The van der Waals surface area contributed by atoms with E-state index in [0.717, 1.165) is 0 Å². The molecule has 7 nitrogen and oxygen atoms in total. The molecule has 0 aliphatic carbocycles. The van der Waals surface area contributed by atoms with Crippen LogP contribution in [0, 0.1) is 0 Å². The number of hydrogen-bond acceptors (Lipinski definition) is 5. The van der Waals surface area contributed by atoms with E-state index in [0.29, 0.717) is 34.9 Å². The summed E-state index contributed by atoms with van der Waals surface area (Å²) >= 11 is 0. The highest BCUT2D eigenvalue weighted by atomic mass is 16.5. The Kier molecular flexibility index (Phi) is 4.65. The van der Waals surface area contributed by atoms with Gasteiger partial charge in [-0.2, -0.15) is 0 Å². The van der Waals surface area contributed by atoms with E-state index < -0.39 is 5.97 Å². The van der Waals surface area contributed by atoms with Crippen molar-refractivity contribution in [2.45, 2.75) is 6.42 Å². The molecule has 0 spiro atoms. The van der Waals surface area contributed by atoms with Crippen molar-refractivity contribution in [2.75, 3.05) is 24.4 Å². The summed E-state index contributed by atoms with van der Waals surface area (Å²) in [5, 5.41) is 5.44. The van der Waals surface area contributed by atoms with Crippen LogP contribution in [-0.2, 0) is 9.53 Å². The molecule has 0 unspecified atom stereocenters. The van der Waals surface area contributed by atoms with Gasteiger partial charge in [0.25, 0.3) is 5.91 Å². The van der Waals surface area contributed by atoms with E-state index in [4.69, 9.17) is 4.74 Å². The van der Waals surface area contributed by atoms with Crippen molar-refractivity contribution >= 4 is 29.2 Å². The Morgan fingerprint density at radius 2 is 1.84 bits per heavy atom. The minimum absolute atomic E-state index is 0.158. The lowest BCUT2D eigenvalue weighted by molar-refractivity contribution is -0.116. The van der Waals surface area contributed by atoms with E-state index >= 15 is 0 Å². The fraction of sp³-hybridized carbons (Fsp3) is 0.167. The maximum absolute atomic E-state index is 12.4. The second kappa shape index (κ2) is 7.04. The van der Waals surface area contributed by atoms with Crippen molar-refractivity contribution in [3.63, 3.8) is 0 Å². The quantitative estimate of drug-likeness (QED) is 0.837. The van der Waals surface area contributed by atoms with Gasteiger partial charge in [0.2, 0.25) is 5.91 Å². The standard InChI is InChI=1S/C18H16N2O5/c1-24-18(23)11-2-5-13(6-3-11)19-17(22)12-4-7-15-14(10-12)20-16(21)8-9-25-15/h2-7,10H,8-9H2,1H3,(H,19,22)(H,20,21). The van der Waals surface area contributed by atoms with Crippen LogP contribution in [0.5, 0.6) is 5.75 Å². The Labute approximate surface area is 143 Å². The molecule has 0 bridgehead atoms. The summed E-state index contributed by atoms with van der Waals surface area (Å²) in [6.07, 6.45) is 0.267. The summed E-state index contributed by atoms with van der Waals surface area (Å²) in [5.74, 6) is -0.411. The van der Waals surface area contributed by atoms with Crippen molar-refractivity contribution in [1.29, 1.82) is 0 Å². The molecule has 1 aliphatic rings. The molecule has 1 heterocycles. The fourth-order valence-electron chi connectivity index (χ4n) is 2.37. The predicted molar refractivity (Wildman–Crippen MR) is 90.9 cm³/mol. The lowest BCUT2D eigenvalue weighted by atomic mass is 10.1. The molecule has 2 N–H and O–H groups in total. The Hall–Kier alpha value is -3.35. The Balaban J connectivity index is 1.75. The van der Waals surface area contributed by atoms with Gasteiger partial charge in [-0.05, 0) is 42.5 Å². The average Bonchev–Trinajstić information content (AvgIpc) is 2.81. The Morgan fingerprint density at radius 1 is 1.12 bits per heavy atom. The number of anilines is 2. The van der Waals surface area contributed by atoms with Crippen molar-refractivity contribution in [3.8, 4) is 5.75 Å². The molecule has 2 aromatic carbocycles. The zero-order chi connectivity index (χ0) is 17.8. The molecule has 0 aromatic heterocycles. The highest BCUT2D eigenvalue weighted by molar-refractivity contribution is 6.06. The monoisotopic (exact) mass is 340 g/mol. The van der Waals surface area contributed by atoms with Crippen LogP contribution in [0.15, 0.2) is 42.5 Å². The topological polar surface area (TPSA) is 93.7 Å². The summed E-state index contributed by atoms with van der Waals surface area (Å²) in [4.78, 5) is 35.4. The smallest absolute Gasteiger partial charge is 0.337 e. The largest absolute Gasteiger partial charge is 0.491 e.